The van der Waals surface area contributed by atoms with Crippen LogP contribution in [-0.2, 0) is 38.1 Å². The summed E-state index contributed by atoms with van der Waals surface area (Å²) in [5.41, 5.74) is 0. The molecule has 0 saturated carbocycles. The van der Waals surface area contributed by atoms with Crippen molar-refractivity contribution >= 4 is 23.8 Å². The summed E-state index contributed by atoms with van der Waals surface area (Å²) < 4.78 is 20.5. The fraction of sp³-hybridized carbons (Fsp3) is 0.667. The molecule has 2 bridgehead atoms. The van der Waals surface area contributed by atoms with E-state index >= 15 is 0 Å². The molecule has 21 heavy (non-hydrogen) atoms. The minimum absolute atomic E-state index is 0.530. The lowest BCUT2D eigenvalue weighted by Crippen LogP contribution is -2.59. The van der Waals surface area contributed by atoms with E-state index in [1.165, 1.54) is 0 Å². The highest BCUT2D eigenvalue weighted by Crippen LogP contribution is 2.31. The Bertz CT molecular complexity index is 490. The summed E-state index contributed by atoms with van der Waals surface area (Å²) in [4.78, 5) is 45.4. The van der Waals surface area contributed by atoms with Gasteiger partial charge in [-0.1, -0.05) is 0 Å². The minimum atomic E-state index is -1.19. The molecular formula is C12H15NO8. The van der Waals surface area contributed by atoms with Gasteiger partial charge in [0.15, 0.2) is 30.6 Å². The number of rotatable bonds is 3. The van der Waals surface area contributed by atoms with Crippen molar-refractivity contribution < 1.29 is 38.1 Å². The zero-order valence-electron chi connectivity index (χ0n) is 11.7. The number of amides is 1. The predicted octanol–water partition coefficient (Wildman–Crippen LogP) is -1.36. The van der Waals surface area contributed by atoms with Gasteiger partial charge in [0.25, 0.3) is 5.91 Å². The lowest BCUT2D eigenvalue weighted by molar-refractivity contribution is -0.230. The number of nitrogens with one attached hydrogen (secondary N) is 1. The van der Waals surface area contributed by atoms with Crippen molar-refractivity contribution in [3.05, 3.63) is 0 Å². The van der Waals surface area contributed by atoms with Gasteiger partial charge in [0.05, 0.1) is 0 Å². The number of carbonyl (C=O) groups excluding carboxylic acids is 4. The SMILES string of the molecule is CC(=O)O[C@@H]1[C@@H](OC(C)=O)[C@@H]2NC(=O)[C@@H](O2)[C@H]1OC(C)=O. The smallest absolute Gasteiger partial charge is 0.303 e. The Balaban J connectivity index is 2.32. The standard InChI is InChI=1S/C12H15NO8/c1-4(14)18-7-8(19-5(2)15)10(20-6(3)16)12-13-11(17)9(7)21-12/h7-10,12H,1-3H3,(H,13,17)/t7-,8-,9-,10+,12+/m0/s1. The molecule has 116 valence electrons. The third kappa shape index (κ3) is 3.13. The molecule has 0 aromatic rings. The van der Waals surface area contributed by atoms with Gasteiger partial charge in [0.1, 0.15) is 0 Å². The highest BCUT2D eigenvalue weighted by atomic mass is 16.7. The monoisotopic (exact) mass is 301 g/mol. The van der Waals surface area contributed by atoms with E-state index in [0.717, 1.165) is 20.8 Å². The molecule has 0 unspecified atom stereocenters. The Hall–Kier alpha value is -2.16. The zero-order valence-corrected chi connectivity index (χ0v) is 11.7. The predicted molar refractivity (Wildman–Crippen MR) is 63.5 cm³/mol. The van der Waals surface area contributed by atoms with Crippen molar-refractivity contribution in [1.29, 1.82) is 0 Å². The first-order valence-electron chi connectivity index (χ1n) is 6.27. The van der Waals surface area contributed by atoms with Crippen LogP contribution in [0.4, 0.5) is 0 Å². The minimum Gasteiger partial charge on any atom is -0.455 e. The summed E-state index contributed by atoms with van der Waals surface area (Å²) >= 11 is 0. The number of hydrogen-bond donors (Lipinski definition) is 1. The Morgan fingerprint density at radius 1 is 0.905 bits per heavy atom. The van der Waals surface area contributed by atoms with E-state index in [1.807, 2.05) is 0 Å². The van der Waals surface area contributed by atoms with Gasteiger partial charge in [-0.3, -0.25) is 19.2 Å². The average molecular weight is 301 g/mol. The van der Waals surface area contributed by atoms with Gasteiger partial charge in [0, 0.05) is 20.8 Å². The van der Waals surface area contributed by atoms with Crippen LogP contribution in [-0.4, -0.2) is 54.5 Å². The average Bonchev–Trinajstić information content (AvgIpc) is 2.67. The Morgan fingerprint density at radius 3 is 1.90 bits per heavy atom. The summed E-state index contributed by atoms with van der Waals surface area (Å²) in [5, 5.41) is 2.46. The maximum atomic E-state index is 11.8. The van der Waals surface area contributed by atoms with Crippen molar-refractivity contribution in [2.75, 3.05) is 0 Å². The lowest BCUT2D eigenvalue weighted by atomic mass is 10.00. The first kappa shape index (κ1) is 15.2. The van der Waals surface area contributed by atoms with Crippen LogP contribution in [0.5, 0.6) is 0 Å². The summed E-state index contributed by atoms with van der Waals surface area (Å²) in [7, 11) is 0. The second-order valence-corrected chi connectivity index (χ2v) is 4.71. The zero-order chi connectivity index (χ0) is 15.7. The molecule has 2 fully saturated rings. The molecule has 1 amide bonds. The summed E-state index contributed by atoms with van der Waals surface area (Å²) in [6, 6.07) is 0. The Kier molecular flexibility index (Phi) is 4.12. The van der Waals surface area contributed by atoms with E-state index in [0.29, 0.717) is 0 Å². The molecular weight excluding hydrogens is 286 g/mol. The van der Waals surface area contributed by atoms with E-state index < -0.39 is 54.5 Å². The molecule has 0 aromatic carbocycles. The number of hydrogen-bond acceptors (Lipinski definition) is 8. The highest BCUT2D eigenvalue weighted by Gasteiger charge is 2.58. The Morgan fingerprint density at radius 2 is 1.38 bits per heavy atom. The molecule has 0 radical (unpaired) electrons. The van der Waals surface area contributed by atoms with Crippen molar-refractivity contribution in [2.45, 2.75) is 51.4 Å². The first-order chi connectivity index (χ1) is 9.79. The number of carbonyl (C=O) groups is 4. The van der Waals surface area contributed by atoms with Crippen LogP contribution < -0.4 is 5.32 Å². The number of ether oxygens (including phenoxy) is 4. The van der Waals surface area contributed by atoms with Crippen LogP contribution in [0.3, 0.4) is 0 Å². The normalized spacial score (nSPS) is 33.9. The van der Waals surface area contributed by atoms with Gasteiger partial charge in [0.2, 0.25) is 0 Å². The van der Waals surface area contributed by atoms with Crippen LogP contribution >= 0.6 is 0 Å². The highest BCUT2D eigenvalue weighted by molar-refractivity contribution is 5.85. The molecule has 0 aromatic heterocycles. The third-order valence-corrected chi connectivity index (χ3v) is 2.99. The van der Waals surface area contributed by atoms with Crippen molar-refractivity contribution in [3.8, 4) is 0 Å². The van der Waals surface area contributed by atoms with Gasteiger partial charge in [-0.2, -0.15) is 0 Å². The third-order valence-electron chi connectivity index (χ3n) is 2.99. The molecule has 2 saturated heterocycles. The fourth-order valence-corrected chi connectivity index (χ4v) is 2.36. The second kappa shape index (κ2) is 5.68. The molecule has 2 aliphatic rings. The largest absolute Gasteiger partial charge is 0.455 e. The first-order valence-corrected chi connectivity index (χ1v) is 6.27. The van der Waals surface area contributed by atoms with E-state index in [4.69, 9.17) is 18.9 Å². The number of esters is 3. The molecule has 9 heteroatoms. The maximum Gasteiger partial charge on any atom is 0.303 e. The molecule has 2 heterocycles. The molecule has 2 rings (SSSR count). The van der Waals surface area contributed by atoms with Gasteiger partial charge >= 0.3 is 17.9 Å². The van der Waals surface area contributed by atoms with Gasteiger partial charge < -0.3 is 24.3 Å². The van der Waals surface area contributed by atoms with Crippen molar-refractivity contribution in [3.63, 3.8) is 0 Å². The van der Waals surface area contributed by atoms with Gasteiger partial charge in [-0.15, -0.1) is 0 Å². The molecule has 5 atom stereocenters. The Labute approximate surface area is 119 Å². The number of fused-ring (bicyclic) bond motifs is 2. The summed E-state index contributed by atoms with van der Waals surface area (Å²) in [6.07, 6.45) is -5.48. The van der Waals surface area contributed by atoms with Crippen molar-refractivity contribution in [2.24, 2.45) is 0 Å². The second-order valence-electron chi connectivity index (χ2n) is 4.71. The van der Waals surface area contributed by atoms with E-state index in [9.17, 15) is 19.2 Å². The topological polar surface area (TPSA) is 117 Å². The van der Waals surface area contributed by atoms with Crippen LogP contribution in [0.25, 0.3) is 0 Å². The summed E-state index contributed by atoms with van der Waals surface area (Å²) in [6.45, 7) is 3.46. The fourth-order valence-electron chi connectivity index (χ4n) is 2.36. The molecule has 2 aliphatic heterocycles. The lowest BCUT2D eigenvalue weighted by Gasteiger charge is -2.38. The molecule has 0 spiro atoms. The summed E-state index contributed by atoms with van der Waals surface area (Å²) in [5.74, 6) is -2.52. The van der Waals surface area contributed by atoms with Gasteiger partial charge in [-0.05, 0) is 0 Å². The van der Waals surface area contributed by atoms with Crippen LogP contribution in [0.2, 0.25) is 0 Å². The quantitative estimate of drug-likeness (QED) is 0.501. The van der Waals surface area contributed by atoms with Crippen LogP contribution in [0, 0.1) is 0 Å². The maximum absolute atomic E-state index is 11.8. The molecule has 0 aliphatic carbocycles. The molecule has 9 nitrogen and oxygen atoms in total. The van der Waals surface area contributed by atoms with E-state index in [2.05, 4.69) is 5.32 Å². The van der Waals surface area contributed by atoms with Gasteiger partial charge in [-0.25, -0.2) is 0 Å². The van der Waals surface area contributed by atoms with E-state index in [1.54, 1.807) is 0 Å². The molecule has 1 N–H and O–H groups in total. The van der Waals surface area contributed by atoms with Crippen molar-refractivity contribution in [1.82, 2.24) is 5.32 Å². The van der Waals surface area contributed by atoms with Crippen LogP contribution in [0.1, 0.15) is 20.8 Å². The van der Waals surface area contributed by atoms with Crippen LogP contribution in [0.15, 0.2) is 0 Å². The van der Waals surface area contributed by atoms with E-state index in [-0.39, 0.29) is 0 Å².